The van der Waals surface area contributed by atoms with Gasteiger partial charge in [-0.05, 0) is 23.6 Å². The summed E-state index contributed by atoms with van der Waals surface area (Å²) in [5, 5.41) is 23.9. The second-order valence-corrected chi connectivity index (χ2v) is 8.15. The van der Waals surface area contributed by atoms with Crippen LogP contribution in [0.1, 0.15) is 10.8 Å². The van der Waals surface area contributed by atoms with Crippen molar-refractivity contribution in [3.8, 4) is 0 Å². The number of hydrogen-bond acceptors (Lipinski definition) is 5. The van der Waals surface area contributed by atoms with Crippen LogP contribution in [0.4, 0.5) is 0 Å². The van der Waals surface area contributed by atoms with Crippen LogP contribution in [0.25, 0.3) is 0 Å². The molecule has 3 heterocycles. The molecule has 4 aliphatic rings. The molecule has 2 aliphatic carbocycles. The number of nitrogens with zero attached hydrogens (tertiary/aromatic N) is 2. The fourth-order valence-electron chi connectivity index (χ4n) is 4.08. The summed E-state index contributed by atoms with van der Waals surface area (Å²) >= 11 is 1.33. The number of hydrogen-bond donors (Lipinski definition) is 2. The first-order chi connectivity index (χ1) is 14.6. The van der Waals surface area contributed by atoms with Crippen molar-refractivity contribution in [2.45, 2.75) is 5.92 Å². The van der Waals surface area contributed by atoms with Gasteiger partial charge in [-0.25, -0.2) is 9.98 Å². The largest absolute Gasteiger partial charge is 0.511 e. The second-order valence-electron chi connectivity index (χ2n) is 7.17. The van der Waals surface area contributed by atoms with Crippen molar-refractivity contribution in [3.63, 3.8) is 0 Å². The van der Waals surface area contributed by atoms with Crippen LogP contribution in [0.15, 0.2) is 98.8 Å². The molecule has 5 rings (SSSR count). The maximum atomic E-state index is 13.0. The normalized spacial score (nSPS) is 25.9. The number of dihydropyridines is 2. The smallest absolute Gasteiger partial charge is 0.277 e. The van der Waals surface area contributed by atoms with Gasteiger partial charge < -0.3 is 10.2 Å². The van der Waals surface area contributed by atoms with Crippen LogP contribution in [-0.2, 0) is 9.59 Å². The molecule has 148 valence electrons. The number of aliphatic hydroxyl groups excluding tert-OH is 2. The van der Waals surface area contributed by atoms with Gasteiger partial charge in [0.2, 0.25) is 0 Å². The number of thiophene rings is 1. The van der Waals surface area contributed by atoms with E-state index in [4.69, 9.17) is 0 Å². The fraction of sp³-hybridized carbons (Fsp3) is 0.130. The highest BCUT2D eigenvalue weighted by Crippen LogP contribution is 2.44. The molecule has 0 radical (unpaired) electrons. The molecule has 0 bridgehead atoms. The summed E-state index contributed by atoms with van der Waals surface area (Å²) in [6.45, 7) is 0. The molecule has 0 saturated heterocycles. The first-order valence-electron chi connectivity index (χ1n) is 9.41. The zero-order valence-electron chi connectivity index (χ0n) is 15.6. The minimum atomic E-state index is -0.959. The number of aliphatic hydroxyl groups is 2. The summed E-state index contributed by atoms with van der Waals surface area (Å²) < 4.78 is 0. The molecular weight excluding hydrogens is 400 g/mol. The predicted octanol–water partition coefficient (Wildman–Crippen LogP) is 3.90. The molecule has 0 aromatic carbocycles. The molecule has 2 unspecified atom stereocenters. The lowest BCUT2D eigenvalue weighted by Crippen LogP contribution is -2.32. The predicted molar refractivity (Wildman–Crippen MR) is 115 cm³/mol. The van der Waals surface area contributed by atoms with E-state index in [0.717, 1.165) is 0 Å². The van der Waals surface area contributed by atoms with Crippen LogP contribution < -0.4 is 0 Å². The molecule has 6 nitrogen and oxygen atoms in total. The Balaban J connectivity index is 1.70. The molecule has 2 atom stereocenters. The maximum Gasteiger partial charge on any atom is 0.277 e. The number of allylic oxidation sites excluding steroid dienone is 8. The van der Waals surface area contributed by atoms with Crippen LogP contribution in [0.2, 0.25) is 0 Å². The summed E-state index contributed by atoms with van der Waals surface area (Å²) in [6.07, 6.45) is 13.9. The van der Waals surface area contributed by atoms with Gasteiger partial charge in [0.1, 0.15) is 11.5 Å². The van der Waals surface area contributed by atoms with Crippen molar-refractivity contribution in [3.05, 3.63) is 93.7 Å². The van der Waals surface area contributed by atoms with Crippen molar-refractivity contribution in [2.24, 2.45) is 21.8 Å². The molecule has 2 aliphatic heterocycles. The Bertz CT molecular complexity index is 1130. The summed E-state index contributed by atoms with van der Waals surface area (Å²) in [4.78, 5) is 34.9. The Morgan fingerprint density at radius 3 is 1.83 bits per heavy atom. The maximum absolute atomic E-state index is 13.0. The molecule has 2 amide bonds. The van der Waals surface area contributed by atoms with E-state index in [0.29, 0.717) is 16.3 Å². The van der Waals surface area contributed by atoms with Gasteiger partial charge in [-0.2, -0.15) is 0 Å². The van der Waals surface area contributed by atoms with Crippen molar-refractivity contribution >= 4 is 34.6 Å². The molecule has 7 heteroatoms. The molecule has 0 fully saturated rings. The van der Waals surface area contributed by atoms with Crippen molar-refractivity contribution < 1.29 is 19.8 Å². The van der Waals surface area contributed by atoms with Gasteiger partial charge in [-0.3, -0.25) is 9.59 Å². The van der Waals surface area contributed by atoms with Crippen molar-refractivity contribution in [2.75, 3.05) is 0 Å². The van der Waals surface area contributed by atoms with E-state index < -0.39 is 29.6 Å². The Kier molecular flexibility index (Phi) is 4.33. The van der Waals surface area contributed by atoms with Gasteiger partial charge >= 0.3 is 0 Å². The summed E-state index contributed by atoms with van der Waals surface area (Å²) in [5.41, 5.74) is 0.884. The standard InChI is InChI=1S/C23H16N2O4S/c26-20-12-6-1-3-8-14(12)24-22(28)18(20)17(16-10-5-11-30-16)19-21(27)13-7-2-4-9-15(13)25-23(19)29/h1-13,17,26-27H. The lowest BCUT2D eigenvalue weighted by molar-refractivity contribution is -0.115. The average Bonchev–Trinajstić information content (AvgIpc) is 3.27. The van der Waals surface area contributed by atoms with Crippen LogP contribution >= 0.6 is 11.3 Å². The molecular formula is C23H16N2O4S. The summed E-state index contributed by atoms with van der Waals surface area (Å²) in [7, 11) is 0. The minimum Gasteiger partial charge on any atom is -0.511 e. The van der Waals surface area contributed by atoms with E-state index in [9.17, 15) is 19.8 Å². The van der Waals surface area contributed by atoms with Gasteiger partial charge in [-0.1, -0.05) is 42.5 Å². The van der Waals surface area contributed by atoms with Gasteiger partial charge in [0, 0.05) is 4.88 Å². The van der Waals surface area contributed by atoms with Crippen molar-refractivity contribution in [1.29, 1.82) is 0 Å². The molecule has 0 spiro atoms. The SMILES string of the molecule is O=C1N=C2C=CC=CC2C(O)=C1C(C1=C(O)C2C=CC=CC2=NC1=O)c1cccs1. The van der Waals surface area contributed by atoms with E-state index >= 15 is 0 Å². The highest BCUT2D eigenvalue weighted by atomic mass is 32.1. The van der Waals surface area contributed by atoms with Crippen LogP contribution in [0, 0.1) is 11.8 Å². The molecule has 1 aromatic heterocycles. The van der Waals surface area contributed by atoms with Crippen molar-refractivity contribution in [1.82, 2.24) is 0 Å². The van der Waals surface area contributed by atoms with Crippen LogP contribution in [0.3, 0.4) is 0 Å². The summed E-state index contributed by atoms with van der Waals surface area (Å²) in [6, 6.07) is 3.56. The first-order valence-corrected chi connectivity index (χ1v) is 10.3. The second kappa shape index (κ2) is 7.03. The number of aliphatic imine (C=N–C) groups is 2. The zero-order valence-corrected chi connectivity index (χ0v) is 16.4. The Hall–Kier alpha value is -3.58. The quantitative estimate of drug-likeness (QED) is 0.780. The molecule has 0 saturated carbocycles. The topological polar surface area (TPSA) is 99.3 Å². The average molecular weight is 416 g/mol. The Labute approximate surface area is 176 Å². The summed E-state index contributed by atoms with van der Waals surface area (Å²) in [5.74, 6) is -3.67. The van der Waals surface area contributed by atoms with Gasteiger partial charge in [0.15, 0.2) is 0 Å². The number of carbonyl (C=O) groups excluding carboxylic acids is 2. The fourth-order valence-corrected chi connectivity index (χ4v) is 4.92. The zero-order chi connectivity index (χ0) is 20.8. The van der Waals surface area contributed by atoms with E-state index in [1.165, 1.54) is 11.3 Å². The highest BCUT2D eigenvalue weighted by Gasteiger charge is 2.43. The third-order valence-electron chi connectivity index (χ3n) is 5.47. The molecule has 2 N–H and O–H groups in total. The van der Waals surface area contributed by atoms with E-state index in [-0.39, 0.29) is 22.7 Å². The minimum absolute atomic E-state index is 0.00460. The number of fused-ring (bicyclic) bond motifs is 2. The molecule has 1 aromatic rings. The lowest BCUT2D eigenvalue weighted by Gasteiger charge is -2.30. The molecule has 30 heavy (non-hydrogen) atoms. The third-order valence-corrected chi connectivity index (χ3v) is 6.41. The Morgan fingerprint density at radius 1 is 0.833 bits per heavy atom. The first kappa shape index (κ1) is 18.4. The highest BCUT2D eigenvalue weighted by molar-refractivity contribution is 7.10. The van der Waals surface area contributed by atoms with Crippen LogP contribution in [0.5, 0.6) is 0 Å². The van der Waals surface area contributed by atoms with Gasteiger partial charge in [0.25, 0.3) is 11.8 Å². The van der Waals surface area contributed by atoms with E-state index in [2.05, 4.69) is 9.98 Å². The van der Waals surface area contributed by atoms with E-state index in [1.807, 2.05) is 5.38 Å². The number of rotatable bonds is 3. The van der Waals surface area contributed by atoms with Gasteiger partial charge in [0.05, 0.1) is 40.3 Å². The van der Waals surface area contributed by atoms with E-state index in [1.54, 1.807) is 60.7 Å². The van der Waals surface area contributed by atoms with Gasteiger partial charge in [-0.15, -0.1) is 11.3 Å². The monoisotopic (exact) mass is 416 g/mol. The lowest BCUT2D eigenvalue weighted by atomic mass is 9.78. The van der Waals surface area contributed by atoms with Crippen LogP contribution in [-0.4, -0.2) is 33.5 Å². The third kappa shape index (κ3) is 2.78. The number of carbonyl (C=O) groups is 2. The number of amides is 2. The Morgan fingerprint density at radius 2 is 1.37 bits per heavy atom.